The van der Waals surface area contributed by atoms with E-state index in [-0.39, 0.29) is 5.69 Å². The van der Waals surface area contributed by atoms with Crippen LogP contribution >= 0.6 is 0 Å². The third kappa shape index (κ3) is 3.48. The largest absolute Gasteiger partial charge is 0.489 e. The minimum absolute atomic E-state index is 0.122. The number of aromatic nitrogens is 2. The molecule has 1 heterocycles. The van der Waals surface area contributed by atoms with Crippen molar-refractivity contribution in [3.05, 3.63) is 59.8 Å². The number of primary amides is 1. The highest BCUT2D eigenvalue weighted by atomic mass is 16.5. The monoisotopic (exact) mass is 367 g/mol. The maximum Gasteiger partial charge on any atom is 0.359 e. The zero-order valence-corrected chi connectivity index (χ0v) is 15.4. The number of benzene rings is 2. The van der Waals surface area contributed by atoms with Gasteiger partial charge in [-0.05, 0) is 31.5 Å². The lowest BCUT2D eigenvalue weighted by Gasteiger charge is -2.22. The van der Waals surface area contributed by atoms with Crippen LogP contribution in [0.5, 0.6) is 5.75 Å². The van der Waals surface area contributed by atoms with Gasteiger partial charge in [0, 0.05) is 11.5 Å². The second kappa shape index (κ2) is 7.11. The lowest BCUT2D eigenvalue weighted by Crippen LogP contribution is -2.41. The molecule has 0 atom stereocenters. The molecule has 0 bridgehead atoms. The van der Waals surface area contributed by atoms with Gasteiger partial charge in [0.05, 0.1) is 12.6 Å². The van der Waals surface area contributed by atoms with Crippen LogP contribution in [0.3, 0.4) is 0 Å². The van der Waals surface area contributed by atoms with E-state index in [2.05, 4.69) is 5.10 Å². The summed E-state index contributed by atoms with van der Waals surface area (Å²) in [5.74, 6) is -0.569. The number of methoxy groups -OCH3 is 1. The quantitative estimate of drug-likeness (QED) is 0.676. The first-order chi connectivity index (χ1) is 12.8. The Morgan fingerprint density at radius 2 is 1.85 bits per heavy atom. The summed E-state index contributed by atoms with van der Waals surface area (Å²) in [5.41, 5.74) is 6.11. The number of nitrogens with zero attached hydrogens (tertiary/aromatic N) is 2. The first kappa shape index (κ1) is 18.4. The Kier molecular flexibility index (Phi) is 4.85. The fourth-order valence-corrected chi connectivity index (χ4v) is 2.70. The molecule has 0 aliphatic carbocycles. The third-order valence-electron chi connectivity index (χ3n) is 4.41. The predicted octanol–water partition coefficient (Wildman–Crippen LogP) is 2.62. The Balaban J connectivity index is 2.05. The number of hydrogen-bond acceptors (Lipinski definition) is 5. The fourth-order valence-electron chi connectivity index (χ4n) is 2.70. The van der Waals surface area contributed by atoms with Crippen molar-refractivity contribution >= 4 is 22.8 Å². The Hall–Kier alpha value is -3.35. The Labute approximate surface area is 156 Å². The van der Waals surface area contributed by atoms with Crippen molar-refractivity contribution in [2.45, 2.75) is 26.0 Å². The average molecular weight is 367 g/mol. The molecule has 1 aromatic heterocycles. The molecule has 0 saturated carbocycles. The molecule has 2 N–H and O–H groups in total. The predicted molar refractivity (Wildman–Crippen MR) is 100 cm³/mol. The van der Waals surface area contributed by atoms with E-state index in [1.165, 1.54) is 11.8 Å². The zero-order chi connectivity index (χ0) is 19.6. The van der Waals surface area contributed by atoms with Crippen molar-refractivity contribution in [1.29, 1.82) is 0 Å². The molecule has 140 valence electrons. The van der Waals surface area contributed by atoms with E-state index in [0.29, 0.717) is 23.3 Å². The Morgan fingerprint density at radius 1 is 1.15 bits per heavy atom. The van der Waals surface area contributed by atoms with Crippen molar-refractivity contribution in [2.75, 3.05) is 7.11 Å². The maximum absolute atomic E-state index is 12.1. The number of fused-ring (bicyclic) bond motifs is 1. The van der Waals surface area contributed by atoms with Crippen LogP contribution in [0.4, 0.5) is 0 Å². The number of hydrogen-bond donors (Lipinski definition) is 1. The van der Waals surface area contributed by atoms with Gasteiger partial charge in [-0.25, -0.2) is 9.48 Å². The van der Waals surface area contributed by atoms with E-state index in [9.17, 15) is 9.59 Å². The maximum atomic E-state index is 12.1. The number of carbonyl (C=O) groups excluding carboxylic acids is 2. The summed E-state index contributed by atoms with van der Waals surface area (Å²) >= 11 is 0. The molecule has 27 heavy (non-hydrogen) atoms. The first-order valence-electron chi connectivity index (χ1n) is 8.43. The van der Waals surface area contributed by atoms with E-state index in [1.807, 2.05) is 30.3 Å². The minimum Gasteiger partial charge on any atom is -0.489 e. The van der Waals surface area contributed by atoms with Gasteiger partial charge < -0.3 is 15.2 Å². The van der Waals surface area contributed by atoms with E-state index >= 15 is 0 Å². The van der Waals surface area contributed by atoms with Gasteiger partial charge in [-0.1, -0.05) is 30.3 Å². The van der Waals surface area contributed by atoms with Gasteiger partial charge in [0.15, 0.2) is 5.69 Å². The minimum atomic E-state index is -1.14. The van der Waals surface area contributed by atoms with Crippen LogP contribution in [0.1, 0.15) is 29.9 Å². The summed E-state index contributed by atoms with van der Waals surface area (Å²) in [7, 11) is 1.28. The van der Waals surface area contributed by atoms with Gasteiger partial charge in [0.2, 0.25) is 5.91 Å². The van der Waals surface area contributed by atoms with Crippen LogP contribution < -0.4 is 10.5 Å². The SMILES string of the molecule is COC(=O)c1nn(C(C)(C)C(N)=O)c2cc(OCc3ccccc3)ccc12. The average Bonchev–Trinajstić information content (AvgIpc) is 3.06. The smallest absolute Gasteiger partial charge is 0.359 e. The summed E-state index contributed by atoms with van der Waals surface area (Å²) < 4.78 is 12.1. The molecule has 1 amide bonds. The van der Waals surface area contributed by atoms with E-state index in [1.54, 1.807) is 32.0 Å². The normalized spacial score (nSPS) is 11.4. The molecule has 0 aliphatic rings. The summed E-state index contributed by atoms with van der Waals surface area (Å²) in [5, 5.41) is 4.86. The molecule has 0 saturated heterocycles. The molecular formula is C20H21N3O4. The number of amides is 1. The lowest BCUT2D eigenvalue weighted by atomic mass is 10.0. The molecule has 3 rings (SSSR count). The van der Waals surface area contributed by atoms with Crippen LogP contribution in [-0.2, 0) is 21.7 Å². The lowest BCUT2D eigenvalue weighted by molar-refractivity contribution is -0.125. The molecule has 3 aromatic rings. The highest BCUT2D eigenvalue weighted by Crippen LogP contribution is 2.29. The van der Waals surface area contributed by atoms with Gasteiger partial charge in [-0.15, -0.1) is 0 Å². The van der Waals surface area contributed by atoms with E-state index in [0.717, 1.165) is 5.56 Å². The fraction of sp³-hybridized carbons (Fsp3) is 0.250. The second-order valence-electron chi connectivity index (χ2n) is 6.63. The summed E-state index contributed by atoms with van der Waals surface area (Å²) in [4.78, 5) is 24.0. The van der Waals surface area contributed by atoms with Crippen LogP contribution in [0, 0.1) is 0 Å². The van der Waals surface area contributed by atoms with Crippen molar-refractivity contribution in [2.24, 2.45) is 5.73 Å². The number of rotatable bonds is 6. The van der Waals surface area contributed by atoms with Crippen LogP contribution in [-0.4, -0.2) is 28.8 Å². The topological polar surface area (TPSA) is 96.4 Å². The molecule has 0 aliphatic heterocycles. The van der Waals surface area contributed by atoms with E-state index in [4.69, 9.17) is 15.2 Å². The first-order valence-corrected chi connectivity index (χ1v) is 8.43. The summed E-state index contributed by atoms with van der Waals surface area (Å²) in [6, 6.07) is 15.0. The number of carbonyl (C=O) groups is 2. The van der Waals surface area contributed by atoms with Crippen molar-refractivity contribution < 1.29 is 19.1 Å². The van der Waals surface area contributed by atoms with E-state index < -0.39 is 17.4 Å². The van der Waals surface area contributed by atoms with Gasteiger partial charge in [0.25, 0.3) is 0 Å². The molecule has 2 aromatic carbocycles. The summed E-state index contributed by atoms with van der Waals surface area (Å²) in [6.07, 6.45) is 0. The van der Waals surface area contributed by atoms with Gasteiger partial charge >= 0.3 is 5.97 Å². The van der Waals surface area contributed by atoms with Crippen molar-refractivity contribution in [3.63, 3.8) is 0 Å². The molecule has 7 heteroatoms. The van der Waals surface area contributed by atoms with Gasteiger partial charge in [0.1, 0.15) is 17.9 Å². The third-order valence-corrected chi connectivity index (χ3v) is 4.41. The molecular weight excluding hydrogens is 346 g/mol. The molecule has 0 radical (unpaired) electrons. The Bertz CT molecular complexity index is 993. The molecule has 0 fully saturated rings. The molecule has 0 spiro atoms. The highest BCUT2D eigenvalue weighted by molar-refractivity contribution is 6.03. The molecule has 7 nitrogen and oxygen atoms in total. The van der Waals surface area contributed by atoms with Crippen LogP contribution in [0.15, 0.2) is 48.5 Å². The number of esters is 1. The second-order valence-corrected chi connectivity index (χ2v) is 6.63. The number of ether oxygens (including phenoxy) is 2. The standard InChI is InChI=1S/C20H21N3O4/c1-20(2,19(21)25)23-16-11-14(27-12-13-7-5-4-6-8-13)9-10-15(16)17(22-23)18(24)26-3/h4-11H,12H2,1-3H3,(H2,21,25). The zero-order valence-electron chi connectivity index (χ0n) is 15.4. The van der Waals surface area contributed by atoms with Gasteiger partial charge in [-0.2, -0.15) is 5.10 Å². The van der Waals surface area contributed by atoms with Crippen molar-refractivity contribution in [1.82, 2.24) is 9.78 Å². The number of nitrogens with two attached hydrogens (primary N) is 1. The van der Waals surface area contributed by atoms with Crippen LogP contribution in [0.25, 0.3) is 10.9 Å². The van der Waals surface area contributed by atoms with Crippen LogP contribution in [0.2, 0.25) is 0 Å². The summed E-state index contributed by atoms with van der Waals surface area (Å²) in [6.45, 7) is 3.67. The molecule has 0 unspecified atom stereocenters. The Morgan fingerprint density at radius 3 is 2.48 bits per heavy atom. The highest BCUT2D eigenvalue weighted by Gasteiger charge is 2.32. The van der Waals surface area contributed by atoms with Gasteiger partial charge in [-0.3, -0.25) is 4.79 Å². The van der Waals surface area contributed by atoms with Crippen molar-refractivity contribution in [3.8, 4) is 5.75 Å².